The van der Waals surface area contributed by atoms with Crippen LogP contribution in [0.2, 0.25) is 5.02 Å². The van der Waals surface area contributed by atoms with E-state index in [2.05, 4.69) is 25.9 Å². The zero-order chi connectivity index (χ0) is 22.0. The summed E-state index contributed by atoms with van der Waals surface area (Å²) in [6.45, 7) is 0.551. The second-order valence-electron chi connectivity index (χ2n) is 8.04. The van der Waals surface area contributed by atoms with Gasteiger partial charge in [0.1, 0.15) is 16.5 Å². The van der Waals surface area contributed by atoms with E-state index in [1.165, 1.54) is 22.5 Å². The Labute approximate surface area is 192 Å². The molecule has 2 aromatic carbocycles. The fourth-order valence-electron chi connectivity index (χ4n) is 4.05. The Morgan fingerprint density at radius 2 is 2.03 bits per heavy atom. The highest BCUT2D eigenvalue weighted by Crippen LogP contribution is 2.50. The zero-order valence-electron chi connectivity index (χ0n) is 16.1. The summed E-state index contributed by atoms with van der Waals surface area (Å²) in [5.74, 6) is 0.0381. The molecule has 2 fully saturated rings. The maximum Gasteiger partial charge on any atom is 0.244 e. The van der Waals surface area contributed by atoms with Crippen molar-refractivity contribution in [3.8, 4) is 22.6 Å². The first-order chi connectivity index (χ1) is 14.7. The summed E-state index contributed by atoms with van der Waals surface area (Å²) < 4.78 is 42.1. The molecule has 0 amide bonds. The lowest BCUT2D eigenvalue weighted by atomic mass is 10.1. The van der Waals surface area contributed by atoms with Crippen LogP contribution in [-0.2, 0) is 10.0 Å². The Bertz CT molecular complexity index is 1300. The van der Waals surface area contributed by atoms with Crippen LogP contribution in [0.3, 0.4) is 0 Å². The molecule has 2 unspecified atom stereocenters. The van der Waals surface area contributed by atoms with Gasteiger partial charge < -0.3 is 10.1 Å². The van der Waals surface area contributed by atoms with E-state index < -0.39 is 21.4 Å². The molecule has 1 saturated carbocycles. The van der Waals surface area contributed by atoms with Crippen molar-refractivity contribution in [1.29, 1.82) is 0 Å². The third-order valence-electron chi connectivity index (χ3n) is 6.05. The molecule has 1 aromatic heterocycles. The summed E-state index contributed by atoms with van der Waals surface area (Å²) >= 11 is 9.39. The van der Waals surface area contributed by atoms with Crippen LogP contribution in [0, 0.1) is 11.7 Å². The van der Waals surface area contributed by atoms with Gasteiger partial charge in [-0.05, 0) is 59.1 Å². The van der Waals surface area contributed by atoms with E-state index in [0.717, 1.165) is 0 Å². The molecule has 0 bridgehead atoms. The molecule has 0 spiro atoms. The number of nitrogens with one attached hydrogen (secondary N) is 1. The summed E-state index contributed by atoms with van der Waals surface area (Å²) in [4.78, 5) is 7.45. The largest absolute Gasteiger partial charge is 0.389 e. The molecule has 2 N–H and O–H groups in total. The van der Waals surface area contributed by atoms with Crippen molar-refractivity contribution >= 4 is 37.6 Å². The van der Waals surface area contributed by atoms with Gasteiger partial charge in [-0.25, -0.2) is 17.8 Å². The third kappa shape index (κ3) is 3.72. The maximum atomic E-state index is 13.9. The normalized spacial score (nSPS) is 23.5. The molecule has 10 heteroatoms. The summed E-state index contributed by atoms with van der Waals surface area (Å²) in [5, 5.41) is 10.3. The predicted octanol–water partition coefficient (Wildman–Crippen LogP) is 4.44. The van der Waals surface area contributed by atoms with Crippen LogP contribution in [0.4, 0.5) is 4.39 Å². The van der Waals surface area contributed by atoms with Crippen molar-refractivity contribution in [2.45, 2.75) is 23.3 Å². The minimum Gasteiger partial charge on any atom is -0.389 e. The summed E-state index contributed by atoms with van der Waals surface area (Å²) in [5.41, 5.74) is 1.07. The Balaban J connectivity index is 1.46. The molecule has 31 heavy (non-hydrogen) atoms. The first-order valence-electron chi connectivity index (χ1n) is 9.70. The van der Waals surface area contributed by atoms with Crippen LogP contribution in [-0.4, -0.2) is 46.5 Å². The zero-order valence-corrected chi connectivity index (χ0v) is 19.3. The molecule has 1 aliphatic carbocycles. The van der Waals surface area contributed by atoms with Crippen molar-refractivity contribution in [2.75, 3.05) is 13.1 Å². The number of H-pyrrole nitrogens is 1. The van der Waals surface area contributed by atoms with E-state index in [-0.39, 0.29) is 22.4 Å². The fourth-order valence-corrected chi connectivity index (χ4v) is 6.28. The maximum absolute atomic E-state index is 13.9. The van der Waals surface area contributed by atoms with Crippen LogP contribution in [0.5, 0.6) is 0 Å². The van der Waals surface area contributed by atoms with Gasteiger partial charge in [0.25, 0.3) is 0 Å². The Morgan fingerprint density at radius 1 is 1.26 bits per heavy atom. The SMILES string of the molecule is O=S(=O)(c1cc(-c2ncc(-c3ccc(Br)c(F)c3)[nH]2)ccc1Cl)N1CCC2(O)CC2C1. The topological polar surface area (TPSA) is 86.3 Å². The first kappa shape index (κ1) is 21.1. The lowest BCUT2D eigenvalue weighted by Gasteiger charge is -2.28. The molecule has 3 aromatic rings. The molecule has 2 heterocycles. The van der Waals surface area contributed by atoms with E-state index >= 15 is 0 Å². The fraction of sp³-hybridized carbons (Fsp3) is 0.286. The monoisotopic (exact) mass is 525 g/mol. The average molecular weight is 527 g/mol. The van der Waals surface area contributed by atoms with E-state index in [1.807, 2.05) is 0 Å². The number of benzene rings is 2. The number of halogens is 3. The number of fused-ring (bicyclic) bond motifs is 1. The number of hydrogen-bond acceptors (Lipinski definition) is 4. The van der Waals surface area contributed by atoms with Crippen molar-refractivity contribution in [1.82, 2.24) is 14.3 Å². The van der Waals surface area contributed by atoms with Crippen LogP contribution in [0.25, 0.3) is 22.6 Å². The number of aromatic nitrogens is 2. The molecule has 6 nitrogen and oxygen atoms in total. The number of hydrogen-bond donors (Lipinski definition) is 2. The van der Waals surface area contributed by atoms with Gasteiger partial charge in [-0.1, -0.05) is 17.7 Å². The number of rotatable bonds is 4. The molecular weight excluding hydrogens is 509 g/mol. The minimum atomic E-state index is -3.82. The molecule has 162 valence electrons. The molecule has 1 aliphatic heterocycles. The number of nitrogens with zero attached hydrogens (tertiary/aromatic N) is 2. The lowest BCUT2D eigenvalue weighted by Crippen LogP contribution is -2.41. The summed E-state index contributed by atoms with van der Waals surface area (Å²) in [6.07, 6.45) is 2.64. The van der Waals surface area contributed by atoms with Crippen LogP contribution >= 0.6 is 27.5 Å². The molecule has 5 rings (SSSR count). The van der Waals surface area contributed by atoms with E-state index in [1.54, 1.807) is 24.4 Å². The van der Waals surface area contributed by atoms with Gasteiger partial charge in [-0.15, -0.1) is 0 Å². The highest BCUT2D eigenvalue weighted by Gasteiger charge is 2.57. The predicted molar refractivity (Wildman–Crippen MR) is 119 cm³/mol. The smallest absolute Gasteiger partial charge is 0.244 e. The second-order valence-corrected chi connectivity index (χ2v) is 11.2. The van der Waals surface area contributed by atoms with Crippen molar-refractivity contribution in [3.63, 3.8) is 0 Å². The van der Waals surface area contributed by atoms with Crippen LogP contribution in [0.15, 0.2) is 52.0 Å². The van der Waals surface area contributed by atoms with E-state index in [9.17, 15) is 17.9 Å². The van der Waals surface area contributed by atoms with Crippen molar-refractivity contribution in [2.24, 2.45) is 5.92 Å². The van der Waals surface area contributed by atoms with Gasteiger partial charge in [0.15, 0.2) is 0 Å². The number of imidazole rings is 1. The van der Waals surface area contributed by atoms with Crippen molar-refractivity contribution < 1.29 is 17.9 Å². The average Bonchev–Trinajstić information content (AvgIpc) is 3.17. The van der Waals surface area contributed by atoms with Gasteiger partial charge in [0.05, 0.1) is 27.0 Å². The minimum absolute atomic E-state index is 0.00499. The second kappa shape index (κ2) is 7.38. The van der Waals surface area contributed by atoms with E-state index in [0.29, 0.717) is 46.5 Å². The molecule has 2 atom stereocenters. The highest BCUT2D eigenvalue weighted by molar-refractivity contribution is 9.10. The number of aromatic amines is 1. The number of piperidine rings is 1. The van der Waals surface area contributed by atoms with E-state index in [4.69, 9.17) is 11.6 Å². The molecule has 2 aliphatic rings. The summed E-state index contributed by atoms with van der Waals surface area (Å²) in [6, 6.07) is 9.45. The van der Waals surface area contributed by atoms with Gasteiger partial charge in [0.2, 0.25) is 10.0 Å². The van der Waals surface area contributed by atoms with Gasteiger partial charge in [-0.2, -0.15) is 4.31 Å². The molecule has 1 saturated heterocycles. The van der Waals surface area contributed by atoms with Crippen molar-refractivity contribution in [3.05, 3.63) is 57.9 Å². The number of sulfonamides is 1. The summed E-state index contributed by atoms with van der Waals surface area (Å²) in [7, 11) is -3.82. The van der Waals surface area contributed by atoms with Gasteiger partial charge in [0, 0.05) is 30.1 Å². The van der Waals surface area contributed by atoms with Crippen LogP contribution < -0.4 is 0 Å². The Hall–Kier alpha value is -1.78. The quantitative estimate of drug-likeness (QED) is 0.526. The third-order valence-corrected chi connectivity index (χ3v) is 9.04. The Kier molecular flexibility index (Phi) is 5.02. The Morgan fingerprint density at radius 3 is 2.77 bits per heavy atom. The molecule has 0 radical (unpaired) electrons. The molecular formula is C21H18BrClFN3O3S. The number of aliphatic hydroxyl groups is 1. The van der Waals surface area contributed by atoms with Gasteiger partial charge in [-0.3, -0.25) is 0 Å². The lowest BCUT2D eigenvalue weighted by molar-refractivity contribution is 0.0885. The van der Waals surface area contributed by atoms with Crippen LogP contribution in [0.1, 0.15) is 12.8 Å². The highest BCUT2D eigenvalue weighted by atomic mass is 79.9. The standard InChI is InChI=1S/C21H18BrClFN3O3S/c22-15-3-1-12(7-17(15)24)18-10-25-20(26-18)13-2-4-16(23)19(8-13)31(29,30)27-6-5-21(28)9-14(21)11-27/h1-4,7-8,10,14,28H,5-6,9,11H2,(H,25,26). The first-order valence-corrected chi connectivity index (χ1v) is 12.3. The van der Waals surface area contributed by atoms with Gasteiger partial charge >= 0.3 is 0 Å².